The second-order valence-corrected chi connectivity index (χ2v) is 17.7. The quantitative estimate of drug-likeness (QED) is 0.144. The number of benzene rings is 11. The molecule has 2 heterocycles. The van der Waals surface area contributed by atoms with Crippen LogP contribution in [0.1, 0.15) is 0 Å². The average molecular weight is 881 g/mol. The van der Waals surface area contributed by atoms with Crippen molar-refractivity contribution in [2.75, 3.05) is 4.90 Å². The zero-order chi connectivity index (χ0) is 45.7. The van der Waals surface area contributed by atoms with Gasteiger partial charge in [0.15, 0.2) is 0 Å². The molecule has 0 amide bonds. The van der Waals surface area contributed by atoms with E-state index in [0.29, 0.717) is 0 Å². The van der Waals surface area contributed by atoms with Crippen LogP contribution in [0, 0.1) is 0 Å². The number of furan rings is 1. The van der Waals surface area contributed by atoms with Gasteiger partial charge < -0.3 is 13.9 Å². The first-order valence-corrected chi connectivity index (χ1v) is 23.6. The lowest BCUT2D eigenvalue weighted by Gasteiger charge is -2.28. The number of para-hydroxylation sites is 4. The zero-order valence-corrected chi connectivity index (χ0v) is 37.7. The summed E-state index contributed by atoms with van der Waals surface area (Å²) in [6, 6.07) is 96.0. The minimum Gasteiger partial charge on any atom is -0.456 e. The van der Waals surface area contributed by atoms with Gasteiger partial charge >= 0.3 is 0 Å². The lowest BCUT2D eigenvalue weighted by atomic mass is 9.98. The summed E-state index contributed by atoms with van der Waals surface area (Å²) in [4.78, 5) is 2.37. The average Bonchev–Trinajstić information content (AvgIpc) is 3.97. The van der Waals surface area contributed by atoms with E-state index in [1.165, 1.54) is 55.2 Å². The smallest absolute Gasteiger partial charge is 0.136 e. The van der Waals surface area contributed by atoms with Gasteiger partial charge in [-0.3, -0.25) is 0 Å². The predicted octanol–water partition coefficient (Wildman–Crippen LogP) is 18.5. The Bertz CT molecular complexity index is 3920. The molecule has 0 N–H and O–H groups in total. The Kier molecular flexibility index (Phi) is 9.84. The van der Waals surface area contributed by atoms with Gasteiger partial charge in [0.25, 0.3) is 0 Å². The summed E-state index contributed by atoms with van der Waals surface area (Å²) >= 11 is 0. The van der Waals surface area contributed by atoms with Crippen molar-refractivity contribution in [3.05, 3.63) is 267 Å². The van der Waals surface area contributed by atoms with Crippen LogP contribution in [0.3, 0.4) is 0 Å². The van der Waals surface area contributed by atoms with Gasteiger partial charge in [0.1, 0.15) is 11.2 Å². The van der Waals surface area contributed by atoms with Gasteiger partial charge in [0, 0.05) is 44.2 Å². The Hall–Kier alpha value is -9.18. The van der Waals surface area contributed by atoms with E-state index >= 15 is 0 Å². The van der Waals surface area contributed by atoms with Crippen molar-refractivity contribution in [2.24, 2.45) is 0 Å². The molecule has 0 unspecified atom stereocenters. The lowest BCUT2D eigenvalue weighted by Crippen LogP contribution is -2.11. The third-order valence-electron chi connectivity index (χ3n) is 13.6. The molecule has 13 aromatic rings. The maximum atomic E-state index is 6.39. The van der Waals surface area contributed by atoms with E-state index in [-0.39, 0.29) is 0 Å². The SMILES string of the molecule is c1ccc(-c2ccc(-c3ccc(N(c4ccc(-c5ccc(-c6cccc(-n7c8ccccc8c8ccccc87)c6)cc5)cc4)c4ccccc4-c4ccc5c(c4)oc4ccccc45)cc3)cc2)cc1. The maximum Gasteiger partial charge on any atom is 0.136 e. The van der Waals surface area contributed by atoms with Gasteiger partial charge in [-0.05, 0) is 123 Å². The molecule has 0 fully saturated rings. The molecule has 13 rings (SSSR count). The highest BCUT2D eigenvalue weighted by molar-refractivity contribution is 6.09. The molecule has 0 spiro atoms. The fourth-order valence-corrected chi connectivity index (χ4v) is 10.2. The van der Waals surface area contributed by atoms with Gasteiger partial charge in [-0.2, -0.15) is 0 Å². The van der Waals surface area contributed by atoms with Gasteiger partial charge in [0.2, 0.25) is 0 Å². The van der Waals surface area contributed by atoms with E-state index < -0.39 is 0 Å². The van der Waals surface area contributed by atoms with Crippen molar-refractivity contribution >= 4 is 60.8 Å². The number of nitrogens with zero attached hydrogens (tertiary/aromatic N) is 2. The molecule has 324 valence electrons. The number of aromatic nitrogens is 1. The summed E-state index contributed by atoms with van der Waals surface area (Å²) in [6.07, 6.45) is 0. The Morgan fingerprint density at radius 2 is 0.710 bits per heavy atom. The summed E-state index contributed by atoms with van der Waals surface area (Å²) in [5, 5.41) is 4.78. The predicted molar refractivity (Wildman–Crippen MR) is 290 cm³/mol. The Balaban J connectivity index is 0.843. The van der Waals surface area contributed by atoms with Crippen molar-refractivity contribution in [3.63, 3.8) is 0 Å². The van der Waals surface area contributed by atoms with Crippen LogP contribution in [0.2, 0.25) is 0 Å². The van der Waals surface area contributed by atoms with Crippen molar-refractivity contribution < 1.29 is 4.42 Å². The van der Waals surface area contributed by atoms with Crippen LogP contribution in [0.15, 0.2) is 271 Å². The van der Waals surface area contributed by atoms with Gasteiger partial charge in [0.05, 0.1) is 16.7 Å². The molecule has 69 heavy (non-hydrogen) atoms. The fraction of sp³-hybridized carbons (Fsp3) is 0. The van der Waals surface area contributed by atoms with E-state index in [1.54, 1.807) is 0 Å². The molecule has 0 aliphatic rings. The van der Waals surface area contributed by atoms with Crippen molar-refractivity contribution in [3.8, 4) is 61.3 Å². The molecule has 0 atom stereocenters. The number of hydrogen-bond acceptors (Lipinski definition) is 2. The monoisotopic (exact) mass is 880 g/mol. The second kappa shape index (κ2) is 16.9. The Labute approximate surface area is 401 Å². The van der Waals surface area contributed by atoms with Crippen LogP contribution in [0.5, 0.6) is 0 Å². The first kappa shape index (κ1) is 40.1. The molecule has 0 saturated carbocycles. The molecule has 3 nitrogen and oxygen atoms in total. The van der Waals surface area contributed by atoms with Crippen molar-refractivity contribution in [2.45, 2.75) is 0 Å². The van der Waals surface area contributed by atoms with Gasteiger partial charge in [-0.15, -0.1) is 0 Å². The summed E-state index contributed by atoms with van der Waals surface area (Å²) in [6.45, 7) is 0. The lowest BCUT2D eigenvalue weighted by molar-refractivity contribution is 0.669. The third-order valence-corrected chi connectivity index (χ3v) is 13.6. The molecule has 0 aliphatic heterocycles. The van der Waals surface area contributed by atoms with Crippen LogP contribution in [0.25, 0.3) is 105 Å². The van der Waals surface area contributed by atoms with Crippen LogP contribution < -0.4 is 4.90 Å². The van der Waals surface area contributed by atoms with Crippen LogP contribution >= 0.6 is 0 Å². The summed E-state index contributed by atoms with van der Waals surface area (Å²) in [5.41, 5.74) is 20.2. The Morgan fingerprint density at radius 3 is 1.32 bits per heavy atom. The largest absolute Gasteiger partial charge is 0.456 e. The summed E-state index contributed by atoms with van der Waals surface area (Å²) < 4.78 is 8.77. The summed E-state index contributed by atoms with van der Waals surface area (Å²) in [5.74, 6) is 0. The molecule has 0 aliphatic carbocycles. The minimum atomic E-state index is 0.879. The fourth-order valence-electron chi connectivity index (χ4n) is 10.2. The topological polar surface area (TPSA) is 21.3 Å². The van der Waals surface area contributed by atoms with Crippen LogP contribution in [0.4, 0.5) is 17.1 Å². The van der Waals surface area contributed by atoms with E-state index in [4.69, 9.17) is 4.42 Å². The molecule has 0 radical (unpaired) electrons. The van der Waals surface area contributed by atoms with Crippen molar-refractivity contribution in [1.29, 1.82) is 0 Å². The maximum absolute atomic E-state index is 6.39. The molecular formula is C66H44N2O. The molecule has 2 aromatic heterocycles. The number of hydrogen-bond donors (Lipinski definition) is 0. The molecule has 0 bridgehead atoms. The van der Waals surface area contributed by atoms with Gasteiger partial charge in [-0.1, -0.05) is 194 Å². The Morgan fingerprint density at radius 1 is 0.275 bits per heavy atom. The number of rotatable bonds is 9. The highest BCUT2D eigenvalue weighted by atomic mass is 16.3. The van der Waals surface area contributed by atoms with Crippen LogP contribution in [-0.2, 0) is 0 Å². The first-order valence-electron chi connectivity index (χ1n) is 23.6. The highest BCUT2D eigenvalue weighted by Gasteiger charge is 2.19. The normalized spacial score (nSPS) is 11.5. The van der Waals surface area contributed by atoms with E-state index in [9.17, 15) is 0 Å². The molecule has 11 aromatic carbocycles. The number of fused-ring (bicyclic) bond motifs is 6. The molecular weight excluding hydrogens is 837 g/mol. The van der Waals surface area contributed by atoms with Crippen LogP contribution in [-0.4, -0.2) is 4.57 Å². The summed E-state index contributed by atoms with van der Waals surface area (Å²) in [7, 11) is 0. The molecule has 3 heteroatoms. The minimum absolute atomic E-state index is 0.879. The van der Waals surface area contributed by atoms with E-state index in [1.807, 2.05) is 12.1 Å². The first-order chi connectivity index (χ1) is 34.2. The number of anilines is 3. The van der Waals surface area contributed by atoms with Crippen molar-refractivity contribution in [1.82, 2.24) is 4.57 Å². The van der Waals surface area contributed by atoms with Gasteiger partial charge in [-0.25, -0.2) is 0 Å². The molecule has 0 saturated heterocycles. The standard InChI is InChI=1S/C66H44N2O/c1-2-13-45(14-3-1)46-25-27-47(28-26-46)49-33-38-54(39-34-49)67(62-21-8-4-17-57(62)53-37-42-61-60-20-7-11-24-65(60)69-66(61)44-53)55-40-35-50(36-41-55)48-29-31-51(32-30-48)52-15-12-16-56(43-52)68-63-22-9-5-18-58(63)59-19-6-10-23-64(59)68/h1-44H. The third kappa shape index (κ3) is 7.25. The second-order valence-electron chi connectivity index (χ2n) is 17.7. The highest BCUT2D eigenvalue weighted by Crippen LogP contribution is 2.43. The zero-order valence-electron chi connectivity index (χ0n) is 37.7. The van der Waals surface area contributed by atoms with E-state index in [0.717, 1.165) is 66.9 Å². The van der Waals surface area contributed by atoms with E-state index in [2.05, 4.69) is 264 Å².